The molecular formula is C17H26N2O4. The fourth-order valence-corrected chi connectivity index (χ4v) is 2.14. The number of benzene rings is 1. The van der Waals surface area contributed by atoms with Crippen molar-refractivity contribution in [1.29, 1.82) is 0 Å². The van der Waals surface area contributed by atoms with Gasteiger partial charge in [-0.1, -0.05) is 12.1 Å². The minimum absolute atomic E-state index is 0.183. The van der Waals surface area contributed by atoms with E-state index in [4.69, 9.17) is 4.74 Å². The maximum absolute atomic E-state index is 11.8. The molecule has 0 saturated carbocycles. The molecule has 0 unspecified atom stereocenters. The Morgan fingerprint density at radius 2 is 1.83 bits per heavy atom. The highest BCUT2D eigenvalue weighted by molar-refractivity contribution is 5.86. The number of rotatable bonds is 4. The Morgan fingerprint density at radius 1 is 1.22 bits per heavy atom. The lowest BCUT2D eigenvalue weighted by molar-refractivity contribution is 0.0508. The third kappa shape index (κ3) is 5.81. The van der Waals surface area contributed by atoms with Gasteiger partial charge in [0.15, 0.2) is 0 Å². The fourth-order valence-electron chi connectivity index (χ4n) is 2.14. The van der Waals surface area contributed by atoms with Crippen molar-refractivity contribution in [3.05, 3.63) is 29.8 Å². The van der Waals surface area contributed by atoms with Crippen LogP contribution in [0.5, 0.6) is 0 Å². The molecule has 0 aromatic heterocycles. The Bertz CT molecular complexity index is 564. The monoisotopic (exact) mass is 322 g/mol. The van der Waals surface area contributed by atoms with Gasteiger partial charge < -0.3 is 15.2 Å². The van der Waals surface area contributed by atoms with E-state index in [2.05, 4.69) is 5.32 Å². The second kappa shape index (κ2) is 7.35. The molecule has 0 bridgehead atoms. The molecule has 1 aromatic rings. The SMILES string of the molecule is CC(C)N(C(=O)O)c1cccc([C@H](C)NC(=O)OC(C)(C)C)c1. The van der Waals surface area contributed by atoms with E-state index in [1.165, 1.54) is 4.90 Å². The van der Waals surface area contributed by atoms with E-state index in [-0.39, 0.29) is 12.1 Å². The van der Waals surface area contributed by atoms with Crippen molar-refractivity contribution < 1.29 is 19.4 Å². The molecule has 0 aliphatic carbocycles. The summed E-state index contributed by atoms with van der Waals surface area (Å²) in [6.45, 7) is 10.8. The summed E-state index contributed by atoms with van der Waals surface area (Å²) in [7, 11) is 0. The summed E-state index contributed by atoms with van der Waals surface area (Å²) >= 11 is 0. The molecule has 23 heavy (non-hydrogen) atoms. The predicted octanol–water partition coefficient (Wildman–Crippen LogP) is 4.17. The van der Waals surface area contributed by atoms with Gasteiger partial charge >= 0.3 is 12.2 Å². The van der Waals surface area contributed by atoms with Gasteiger partial charge in [0.1, 0.15) is 5.60 Å². The molecule has 0 fully saturated rings. The van der Waals surface area contributed by atoms with E-state index in [1.54, 1.807) is 39.0 Å². The molecular weight excluding hydrogens is 296 g/mol. The molecule has 1 atom stereocenters. The van der Waals surface area contributed by atoms with Crippen LogP contribution in [0.3, 0.4) is 0 Å². The van der Waals surface area contributed by atoms with Crippen molar-refractivity contribution >= 4 is 17.9 Å². The molecule has 2 N–H and O–H groups in total. The van der Waals surface area contributed by atoms with Gasteiger partial charge in [-0.25, -0.2) is 9.59 Å². The molecule has 0 aliphatic rings. The lowest BCUT2D eigenvalue weighted by Gasteiger charge is -2.25. The van der Waals surface area contributed by atoms with Crippen LogP contribution in [0.4, 0.5) is 15.3 Å². The number of carbonyl (C=O) groups excluding carboxylic acids is 1. The van der Waals surface area contributed by atoms with E-state index in [0.29, 0.717) is 5.69 Å². The lowest BCUT2D eigenvalue weighted by atomic mass is 10.1. The first-order valence-electron chi connectivity index (χ1n) is 7.63. The minimum atomic E-state index is -1.01. The number of carbonyl (C=O) groups is 2. The number of amides is 2. The standard InChI is InChI=1S/C17H26N2O4/c1-11(2)19(16(21)22)14-9-7-8-13(10-14)12(3)18-15(20)23-17(4,5)6/h7-12H,1-6H3,(H,18,20)(H,21,22)/t12-/m0/s1. The summed E-state index contributed by atoms with van der Waals surface area (Å²) in [4.78, 5) is 24.5. The zero-order valence-electron chi connectivity index (χ0n) is 14.6. The molecule has 1 aromatic carbocycles. The van der Waals surface area contributed by atoms with E-state index < -0.39 is 17.8 Å². The Hall–Kier alpha value is -2.24. The van der Waals surface area contributed by atoms with Crippen molar-refractivity contribution in [2.75, 3.05) is 4.90 Å². The zero-order chi connectivity index (χ0) is 17.8. The number of anilines is 1. The van der Waals surface area contributed by atoms with Crippen LogP contribution in [-0.2, 0) is 4.74 Å². The van der Waals surface area contributed by atoms with Gasteiger partial charge in [0.2, 0.25) is 0 Å². The van der Waals surface area contributed by atoms with E-state index in [0.717, 1.165) is 5.56 Å². The average molecular weight is 322 g/mol. The van der Waals surface area contributed by atoms with Gasteiger partial charge in [0, 0.05) is 11.7 Å². The van der Waals surface area contributed by atoms with Crippen LogP contribution in [-0.4, -0.2) is 28.9 Å². The Balaban J connectivity index is 2.91. The minimum Gasteiger partial charge on any atom is -0.465 e. The number of hydrogen-bond donors (Lipinski definition) is 2. The van der Waals surface area contributed by atoms with Crippen molar-refractivity contribution in [3.63, 3.8) is 0 Å². The molecule has 0 saturated heterocycles. The van der Waals surface area contributed by atoms with Crippen molar-refractivity contribution in [2.45, 2.75) is 59.2 Å². The van der Waals surface area contributed by atoms with Gasteiger partial charge in [-0.15, -0.1) is 0 Å². The van der Waals surface area contributed by atoms with Crippen LogP contribution in [0.15, 0.2) is 24.3 Å². The first kappa shape index (κ1) is 18.8. The fraction of sp³-hybridized carbons (Fsp3) is 0.529. The van der Waals surface area contributed by atoms with Crippen LogP contribution in [0, 0.1) is 0 Å². The lowest BCUT2D eigenvalue weighted by Crippen LogP contribution is -2.36. The van der Waals surface area contributed by atoms with Gasteiger partial charge in [-0.05, 0) is 59.2 Å². The van der Waals surface area contributed by atoms with Gasteiger partial charge in [-0.2, -0.15) is 0 Å². The number of carboxylic acid groups (broad SMARTS) is 1. The number of nitrogens with one attached hydrogen (secondary N) is 1. The first-order valence-corrected chi connectivity index (χ1v) is 7.63. The molecule has 128 valence electrons. The van der Waals surface area contributed by atoms with Crippen LogP contribution in [0.2, 0.25) is 0 Å². The topological polar surface area (TPSA) is 78.9 Å². The van der Waals surface area contributed by atoms with Crippen LogP contribution < -0.4 is 10.2 Å². The van der Waals surface area contributed by atoms with E-state index in [1.807, 2.05) is 26.8 Å². The smallest absolute Gasteiger partial charge is 0.412 e. The summed E-state index contributed by atoms with van der Waals surface area (Å²) in [5.41, 5.74) is 0.812. The van der Waals surface area contributed by atoms with Gasteiger partial charge in [0.05, 0.1) is 6.04 Å². The molecule has 0 spiro atoms. The summed E-state index contributed by atoms with van der Waals surface area (Å²) in [5, 5.41) is 12.1. The first-order chi connectivity index (χ1) is 10.5. The maximum atomic E-state index is 11.8. The molecule has 0 heterocycles. The number of hydrogen-bond acceptors (Lipinski definition) is 3. The number of nitrogens with zero attached hydrogens (tertiary/aromatic N) is 1. The third-order valence-electron chi connectivity index (χ3n) is 3.10. The number of alkyl carbamates (subject to hydrolysis) is 1. The Kier molecular flexibility index (Phi) is 6.01. The number of ether oxygens (including phenoxy) is 1. The molecule has 6 nitrogen and oxygen atoms in total. The summed E-state index contributed by atoms with van der Waals surface area (Å²) in [5.74, 6) is 0. The Morgan fingerprint density at radius 3 is 2.30 bits per heavy atom. The van der Waals surface area contributed by atoms with Crippen LogP contribution >= 0.6 is 0 Å². The molecule has 0 radical (unpaired) electrons. The highest BCUT2D eigenvalue weighted by atomic mass is 16.6. The predicted molar refractivity (Wildman–Crippen MR) is 89.9 cm³/mol. The Labute approximate surface area is 137 Å². The van der Waals surface area contributed by atoms with Gasteiger partial charge in [-0.3, -0.25) is 4.90 Å². The molecule has 6 heteroatoms. The average Bonchev–Trinajstić information content (AvgIpc) is 2.35. The summed E-state index contributed by atoms with van der Waals surface area (Å²) in [6.07, 6.45) is -1.51. The van der Waals surface area contributed by atoms with Gasteiger partial charge in [0.25, 0.3) is 0 Å². The van der Waals surface area contributed by atoms with E-state index in [9.17, 15) is 14.7 Å². The van der Waals surface area contributed by atoms with Crippen molar-refractivity contribution in [2.24, 2.45) is 0 Å². The molecule has 2 amide bonds. The van der Waals surface area contributed by atoms with Crippen LogP contribution in [0.1, 0.15) is 53.1 Å². The van der Waals surface area contributed by atoms with E-state index >= 15 is 0 Å². The van der Waals surface area contributed by atoms with Crippen molar-refractivity contribution in [1.82, 2.24) is 5.32 Å². The molecule has 1 rings (SSSR count). The second-order valence-corrected chi connectivity index (χ2v) is 6.71. The van der Waals surface area contributed by atoms with Crippen molar-refractivity contribution in [3.8, 4) is 0 Å². The third-order valence-corrected chi connectivity index (χ3v) is 3.10. The normalized spacial score (nSPS) is 12.7. The maximum Gasteiger partial charge on any atom is 0.412 e. The summed E-state index contributed by atoms with van der Waals surface area (Å²) < 4.78 is 5.23. The highest BCUT2D eigenvalue weighted by Crippen LogP contribution is 2.23. The largest absolute Gasteiger partial charge is 0.465 e. The highest BCUT2D eigenvalue weighted by Gasteiger charge is 2.21. The second-order valence-electron chi connectivity index (χ2n) is 6.71. The van der Waals surface area contributed by atoms with Crippen LogP contribution in [0.25, 0.3) is 0 Å². The molecule has 0 aliphatic heterocycles. The summed E-state index contributed by atoms with van der Waals surface area (Å²) in [6, 6.07) is 6.63. The zero-order valence-corrected chi connectivity index (χ0v) is 14.6. The quantitative estimate of drug-likeness (QED) is 0.872.